The highest BCUT2D eigenvalue weighted by molar-refractivity contribution is 7.89. The number of hydrogen-bond donors (Lipinski definition) is 1. The molecule has 2 heterocycles. The van der Waals surface area contributed by atoms with Gasteiger partial charge >= 0.3 is 0 Å². The van der Waals surface area contributed by atoms with E-state index >= 15 is 0 Å². The number of anilines is 1. The van der Waals surface area contributed by atoms with E-state index in [0.717, 1.165) is 38.5 Å². The maximum absolute atomic E-state index is 13.0. The topological polar surface area (TPSA) is 115 Å². The molecule has 1 amide bonds. The standard InChI is InChI=1S/C20H25ClN4O5S/c1-2-19-22-18(23-30-19)11-25-15-9-14(21)17(10-16(15)29-12-20(25)26)31(27,28)24-13-7-5-3-4-6-8-13/h9-10,13,24H,2-8,11-12H2,1H3. The molecule has 1 aromatic carbocycles. The summed E-state index contributed by atoms with van der Waals surface area (Å²) < 4.78 is 39.5. The van der Waals surface area contributed by atoms with E-state index in [1.165, 1.54) is 17.0 Å². The second-order valence-corrected chi connectivity index (χ2v) is 9.88. The fourth-order valence-corrected chi connectivity index (χ4v) is 5.74. The van der Waals surface area contributed by atoms with Crippen LogP contribution in [0.2, 0.25) is 5.02 Å². The monoisotopic (exact) mass is 468 g/mol. The van der Waals surface area contributed by atoms with Gasteiger partial charge in [-0.3, -0.25) is 9.69 Å². The molecule has 1 fully saturated rings. The van der Waals surface area contributed by atoms with Gasteiger partial charge in [-0.2, -0.15) is 4.98 Å². The summed E-state index contributed by atoms with van der Waals surface area (Å²) in [5.74, 6) is 0.781. The molecule has 0 atom stereocenters. The van der Waals surface area contributed by atoms with Gasteiger partial charge in [0.25, 0.3) is 5.91 Å². The molecule has 1 saturated carbocycles. The molecule has 1 N–H and O–H groups in total. The second kappa shape index (κ2) is 9.13. The molecule has 1 aliphatic heterocycles. The van der Waals surface area contributed by atoms with E-state index < -0.39 is 10.0 Å². The van der Waals surface area contributed by atoms with E-state index in [1.54, 1.807) is 0 Å². The highest BCUT2D eigenvalue weighted by Crippen LogP contribution is 2.39. The average molecular weight is 469 g/mol. The molecule has 1 aliphatic carbocycles. The Morgan fingerprint density at radius 2 is 1.97 bits per heavy atom. The summed E-state index contributed by atoms with van der Waals surface area (Å²) in [6.07, 6.45) is 6.45. The maximum Gasteiger partial charge on any atom is 0.265 e. The number of fused-ring (bicyclic) bond motifs is 1. The Labute approximate surface area is 186 Å². The van der Waals surface area contributed by atoms with E-state index in [1.807, 2.05) is 6.92 Å². The van der Waals surface area contributed by atoms with Crippen LogP contribution in [0.4, 0.5) is 5.69 Å². The van der Waals surface area contributed by atoms with Crippen molar-refractivity contribution in [2.24, 2.45) is 0 Å². The number of halogens is 1. The molecule has 4 rings (SSSR count). The van der Waals surface area contributed by atoms with Crippen molar-refractivity contribution in [3.63, 3.8) is 0 Å². The largest absolute Gasteiger partial charge is 0.482 e. The van der Waals surface area contributed by atoms with Gasteiger partial charge in [-0.25, -0.2) is 13.1 Å². The smallest absolute Gasteiger partial charge is 0.265 e. The van der Waals surface area contributed by atoms with E-state index in [2.05, 4.69) is 14.9 Å². The molecule has 0 radical (unpaired) electrons. The van der Waals surface area contributed by atoms with Crippen molar-refractivity contribution < 1.29 is 22.5 Å². The van der Waals surface area contributed by atoms with Crippen LogP contribution >= 0.6 is 11.6 Å². The average Bonchev–Trinajstić information content (AvgIpc) is 3.05. The van der Waals surface area contributed by atoms with E-state index in [-0.39, 0.29) is 40.8 Å². The number of sulfonamides is 1. The Kier molecular flexibility index (Phi) is 6.49. The summed E-state index contributed by atoms with van der Waals surface area (Å²) in [5, 5.41) is 3.90. The Balaban J connectivity index is 1.61. The number of aryl methyl sites for hydroxylation is 1. The van der Waals surface area contributed by atoms with Crippen molar-refractivity contribution in [2.45, 2.75) is 69.4 Å². The number of nitrogens with zero attached hydrogens (tertiary/aromatic N) is 3. The van der Waals surface area contributed by atoms with Gasteiger partial charge in [0.15, 0.2) is 12.4 Å². The number of rotatable bonds is 6. The van der Waals surface area contributed by atoms with Crippen LogP contribution < -0.4 is 14.4 Å². The molecule has 31 heavy (non-hydrogen) atoms. The molecule has 2 aromatic rings. The summed E-state index contributed by atoms with van der Waals surface area (Å²) in [6.45, 7) is 1.74. The summed E-state index contributed by atoms with van der Waals surface area (Å²) >= 11 is 6.38. The molecular weight excluding hydrogens is 444 g/mol. The zero-order chi connectivity index (χ0) is 22.0. The number of aromatic nitrogens is 2. The van der Waals surface area contributed by atoms with Gasteiger partial charge in [-0.1, -0.05) is 49.4 Å². The molecule has 1 aromatic heterocycles. The first-order valence-corrected chi connectivity index (χ1v) is 12.3. The summed E-state index contributed by atoms with van der Waals surface area (Å²) in [5.41, 5.74) is 0.373. The summed E-state index contributed by atoms with van der Waals surface area (Å²) in [7, 11) is -3.84. The third-order valence-corrected chi connectivity index (χ3v) is 7.52. The number of ether oxygens (including phenoxy) is 1. The molecule has 168 valence electrons. The normalized spacial score (nSPS) is 17.9. The second-order valence-electron chi connectivity index (χ2n) is 7.79. The van der Waals surface area contributed by atoms with Crippen LogP contribution in [0.25, 0.3) is 0 Å². The van der Waals surface area contributed by atoms with E-state index in [4.69, 9.17) is 20.9 Å². The van der Waals surface area contributed by atoms with Crippen molar-refractivity contribution in [2.75, 3.05) is 11.5 Å². The Hall–Kier alpha value is -2.17. The van der Waals surface area contributed by atoms with Crippen molar-refractivity contribution >= 4 is 33.2 Å². The predicted octanol–water partition coefficient (Wildman–Crippen LogP) is 3.21. The third kappa shape index (κ3) is 4.86. The number of nitrogens with one attached hydrogen (secondary N) is 1. The zero-order valence-electron chi connectivity index (χ0n) is 17.3. The lowest BCUT2D eigenvalue weighted by Gasteiger charge is -2.29. The molecule has 0 spiro atoms. The minimum absolute atomic E-state index is 0.0190. The molecular formula is C20H25ClN4O5S. The number of carbonyl (C=O) groups is 1. The molecule has 0 saturated heterocycles. The number of carbonyl (C=O) groups excluding carboxylic acids is 1. The highest BCUT2D eigenvalue weighted by Gasteiger charge is 2.31. The van der Waals surface area contributed by atoms with Crippen LogP contribution in [0.5, 0.6) is 5.75 Å². The SMILES string of the molecule is CCc1nc(CN2C(=O)COc3cc(S(=O)(=O)NC4CCCCCC4)c(Cl)cc32)no1. The van der Waals surface area contributed by atoms with Crippen LogP contribution in [-0.4, -0.2) is 37.1 Å². The Morgan fingerprint density at radius 3 is 2.65 bits per heavy atom. The fourth-order valence-electron chi connectivity index (χ4n) is 3.90. The first-order valence-electron chi connectivity index (χ1n) is 10.5. The lowest BCUT2D eigenvalue weighted by Crippen LogP contribution is -2.39. The van der Waals surface area contributed by atoms with Crippen LogP contribution in [0.1, 0.15) is 57.2 Å². The summed E-state index contributed by atoms with van der Waals surface area (Å²) in [4.78, 5) is 18.1. The minimum Gasteiger partial charge on any atom is -0.482 e. The molecule has 11 heteroatoms. The van der Waals surface area contributed by atoms with Crippen LogP contribution in [0.3, 0.4) is 0 Å². The predicted molar refractivity (Wildman–Crippen MR) is 114 cm³/mol. The molecule has 2 aliphatic rings. The van der Waals surface area contributed by atoms with Gasteiger partial charge in [0.1, 0.15) is 10.6 Å². The molecule has 0 bridgehead atoms. The fraction of sp³-hybridized carbons (Fsp3) is 0.550. The van der Waals surface area contributed by atoms with Gasteiger partial charge in [0.2, 0.25) is 15.9 Å². The van der Waals surface area contributed by atoms with Crippen LogP contribution in [0.15, 0.2) is 21.6 Å². The number of benzene rings is 1. The van der Waals surface area contributed by atoms with E-state index in [0.29, 0.717) is 23.8 Å². The van der Waals surface area contributed by atoms with Gasteiger partial charge in [0.05, 0.1) is 17.3 Å². The first-order chi connectivity index (χ1) is 14.9. The van der Waals surface area contributed by atoms with E-state index in [9.17, 15) is 13.2 Å². The van der Waals surface area contributed by atoms with Crippen molar-refractivity contribution in [1.29, 1.82) is 0 Å². The number of hydrogen-bond acceptors (Lipinski definition) is 7. The lowest BCUT2D eigenvalue weighted by atomic mass is 10.1. The number of amides is 1. The minimum atomic E-state index is -3.84. The maximum atomic E-state index is 13.0. The highest BCUT2D eigenvalue weighted by atomic mass is 35.5. The van der Waals surface area contributed by atoms with Crippen LogP contribution in [0, 0.1) is 0 Å². The molecule has 0 unspecified atom stereocenters. The van der Waals surface area contributed by atoms with Gasteiger partial charge in [-0.15, -0.1) is 0 Å². The zero-order valence-corrected chi connectivity index (χ0v) is 18.8. The first kappa shape index (κ1) is 22.0. The van der Waals surface area contributed by atoms with Crippen molar-refractivity contribution in [1.82, 2.24) is 14.9 Å². The Morgan fingerprint density at radius 1 is 1.23 bits per heavy atom. The third-order valence-electron chi connectivity index (χ3n) is 5.54. The van der Waals surface area contributed by atoms with Crippen molar-refractivity contribution in [3.8, 4) is 5.75 Å². The van der Waals surface area contributed by atoms with Crippen molar-refractivity contribution in [3.05, 3.63) is 28.9 Å². The lowest BCUT2D eigenvalue weighted by molar-refractivity contribution is -0.121. The molecule has 9 nitrogen and oxygen atoms in total. The van der Waals surface area contributed by atoms with Crippen LogP contribution in [-0.2, 0) is 27.8 Å². The van der Waals surface area contributed by atoms with Gasteiger partial charge in [0, 0.05) is 18.5 Å². The van der Waals surface area contributed by atoms with Gasteiger partial charge in [-0.05, 0) is 18.9 Å². The summed E-state index contributed by atoms with van der Waals surface area (Å²) in [6, 6.07) is 2.71. The Bertz CT molecular complexity index is 1060. The quantitative estimate of drug-likeness (QED) is 0.647. The van der Waals surface area contributed by atoms with Gasteiger partial charge < -0.3 is 9.26 Å².